The third-order valence-electron chi connectivity index (χ3n) is 2.42. The van der Waals surface area contributed by atoms with Gasteiger partial charge in [0.15, 0.2) is 0 Å². The van der Waals surface area contributed by atoms with Crippen LogP contribution in [-0.4, -0.2) is 24.5 Å². The van der Waals surface area contributed by atoms with Crippen molar-refractivity contribution in [3.8, 4) is 5.75 Å². The van der Waals surface area contributed by atoms with Gasteiger partial charge in [-0.15, -0.1) is 0 Å². The Labute approximate surface area is 119 Å². The minimum absolute atomic E-state index is 0.0147. The zero-order chi connectivity index (χ0) is 15.0. The molecular formula is C15H22N2O3. The van der Waals surface area contributed by atoms with Gasteiger partial charge < -0.3 is 15.4 Å². The molecule has 0 atom stereocenters. The topological polar surface area (TPSA) is 67.4 Å². The second kappa shape index (κ2) is 8.19. The molecule has 1 aromatic rings. The molecule has 0 aromatic heterocycles. The molecule has 0 aliphatic rings. The molecule has 1 aromatic carbocycles. The van der Waals surface area contributed by atoms with Crippen LogP contribution in [0.3, 0.4) is 0 Å². The van der Waals surface area contributed by atoms with E-state index in [0.717, 1.165) is 6.42 Å². The van der Waals surface area contributed by atoms with Gasteiger partial charge in [0, 0.05) is 6.54 Å². The first-order valence-corrected chi connectivity index (χ1v) is 6.85. The molecule has 5 heteroatoms. The van der Waals surface area contributed by atoms with Crippen molar-refractivity contribution in [1.29, 1.82) is 0 Å². The molecular weight excluding hydrogens is 256 g/mol. The Bertz CT molecular complexity index is 458. The van der Waals surface area contributed by atoms with Crippen LogP contribution < -0.4 is 15.4 Å². The fourth-order valence-corrected chi connectivity index (χ4v) is 1.59. The minimum Gasteiger partial charge on any atom is -0.489 e. The third-order valence-corrected chi connectivity index (χ3v) is 2.42. The highest BCUT2D eigenvalue weighted by molar-refractivity contribution is 6.04. The van der Waals surface area contributed by atoms with Crippen LogP contribution in [0, 0.1) is 0 Å². The molecule has 0 unspecified atom stereocenters. The summed E-state index contributed by atoms with van der Waals surface area (Å²) in [6.07, 6.45) is 0.676. The van der Waals surface area contributed by atoms with E-state index in [2.05, 4.69) is 10.6 Å². The second-order valence-corrected chi connectivity index (χ2v) is 4.74. The van der Waals surface area contributed by atoms with E-state index in [4.69, 9.17) is 4.74 Å². The molecule has 0 saturated carbocycles. The van der Waals surface area contributed by atoms with E-state index in [0.29, 0.717) is 18.0 Å². The minimum atomic E-state index is -0.349. The number of hydrogen-bond donors (Lipinski definition) is 2. The maximum atomic E-state index is 11.8. The van der Waals surface area contributed by atoms with Crippen LogP contribution in [0.25, 0.3) is 0 Å². The van der Waals surface area contributed by atoms with Gasteiger partial charge in [-0.3, -0.25) is 9.59 Å². The van der Waals surface area contributed by atoms with Crippen LogP contribution in [0.4, 0.5) is 5.69 Å². The highest BCUT2D eigenvalue weighted by Crippen LogP contribution is 2.24. The van der Waals surface area contributed by atoms with Gasteiger partial charge in [-0.2, -0.15) is 0 Å². The predicted molar refractivity (Wildman–Crippen MR) is 78.8 cm³/mol. The lowest BCUT2D eigenvalue weighted by atomic mass is 10.2. The number of amides is 2. The average Bonchev–Trinajstić information content (AvgIpc) is 2.38. The zero-order valence-electron chi connectivity index (χ0n) is 12.2. The Morgan fingerprint density at radius 2 is 1.90 bits per heavy atom. The number of para-hydroxylation sites is 2. The summed E-state index contributed by atoms with van der Waals surface area (Å²) in [6, 6.07) is 7.17. The van der Waals surface area contributed by atoms with Crippen molar-refractivity contribution in [2.24, 2.45) is 0 Å². The van der Waals surface area contributed by atoms with Crippen molar-refractivity contribution < 1.29 is 14.3 Å². The highest BCUT2D eigenvalue weighted by atomic mass is 16.5. The van der Waals surface area contributed by atoms with Gasteiger partial charge in [0.2, 0.25) is 11.8 Å². The molecule has 0 radical (unpaired) electrons. The summed E-state index contributed by atoms with van der Waals surface area (Å²) in [5.41, 5.74) is 0.578. The number of hydrogen-bond acceptors (Lipinski definition) is 3. The fourth-order valence-electron chi connectivity index (χ4n) is 1.59. The van der Waals surface area contributed by atoms with Crippen molar-refractivity contribution in [2.45, 2.75) is 39.7 Å². The van der Waals surface area contributed by atoms with E-state index in [-0.39, 0.29) is 24.3 Å². The van der Waals surface area contributed by atoms with Gasteiger partial charge in [-0.25, -0.2) is 0 Å². The van der Waals surface area contributed by atoms with Crippen LogP contribution in [0.1, 0.15) is 33.6 Å². The molecule has 0 heterocycles. The molecule has 5 nitrogen and oxygen atoms in total. The quantitative estimate of drug-likeness (QED) is 0.752. The Balaban J connectivity index is 2.59. The molecule has 2 N–H and O–H groups in total. The third kappa shape index (κ3) is 5.73. The number of benzene rings is 1. The Morgan fingerprint density at radius 3 is 2.55 bits per heavy atom. The monoisotopic (exact) mass is 278 g/mol. The summed E-state index contributed by atoms with van der Waals surface area (Å²) >= 11 is 0. The lowest BCUT2D eigenvalue weighted by Gasteiger charge is -2.14. The van der Waals surface area contributed by atoms with E-state index in [1.54, 1.807) is 18.2 Å². The van der Waals surface area contributed by atoms with Crippen LogP contribution >= 0.6 is 0 Å². The molecule has 0 spiro atoms. The maximum Gasteiger partial charge on any atom is 0.233 e. The molecule has 0 aliphatic carbocycles. The van der Waals surface area contributed by atoms with E-state index < -0.39 is 0 Å². The number of nitrogens with one attached hydrogen (secondary N) is 2. The number of ether oxygens (including phenoxy) is 1. The summed E-state index contributed by atoms with van der Waals surface area (Å²) in [6.45, 7) is 6.37. The largest absolute Gasteiger partial charge is 0.489 e. The van der Waals surface area contributed by atoms with Crippen LogP contribution in [-0.2, 0) is 9.59 Å². The van der Waals surface area contributed by atoms with Gasteiger partial charge in [0.1, 0.15) is 12.2 Å². The molecule has 110 valence electrons. The van der Waals surface area contributed by atoms with E-state index in [1.807, 2.05) is 26.8 Å². The van der Waals surface area contributed by atoms with E-state index in [1.165, 1.54) is 0 Å². The summed E-state index contributed by atoms with van der Waals surface area (Å²) in [4.78, 5) is 23.3. The summed E-state index contributed by atoms with van der Waals surface area (Å²) in [5.74, 6) is -0.0187. The second-order valence-electron chi connectivity index (χ2n) is 4.74. The summed E-state index contributed by atoms with van der Waals surface area (Å²) in [7, 11) is 0. The lowest BCUT2D eigenvalue weighted by Crippen LogP contribution is -2.28. The van der Waals surface area contributed by atoms with E-state index >= 15 is 0 Å². The average molecular weight is 278 g/mol. The van der Waals surface area contributed by atoms with Gasteiger partial charge in [0.25, 0.3) is 0 Å². The number of rotatable bonds is 7. The lowest BCUT2D eigenvalue weighted by molar-refractivity contribution is -0.126. The van der Waals surface area contributed by atoms with Crippen LogP contribution in [0.2, 0.25) is 0 Å². The summed E-state index contributed by atoms with van der Waals surface area (Å²) in [5, 5.41) is 5.36. The van der Waals surface area contributed by atoms with Crippen molar-refractivity contribution in [2.75, 3.05) is 11.9 Å². The Hall–Kier alpha value is -2.04. The van der Waals surface area contributed by atoms with Gasteiger partial charge in [-0.05, 0) is 32.4 Å². The predicted octanol–water partition coefficient (Wildman–Crippen LogP) is 2.33. The molecule has 2 amide bonds. The first-order chi connectivity index (χ1) is 9.52. The highest BCUT2D eigenvalue weighted by Gasteiger charge is 2.12. The molecule has 20 heavy (non-hydrogen) atoms. The SMILES string of the molecule is CCCNC(=O)CC(=O)Nc1ccccc1OC(C)C. The van der Waals surface area contributed by atoms with Crippen molar-refractivity contribution in [1.82, 2.24) is 5.32 Å². The van der Waals surface area contributed by atoms with Crippen LogP contribution in [0.15, 0.2) is 24.3 Å². The first kappa shape index (κ1) is 16.0. The normalized spacial score (nSPS) is 10.2. The summed E-state index contributed by atoms with van der Waals surface area (Å²) < 4.78 is 5.60. The first-order valence-electron chi connectivity index (χ1n) is 6.85. The van der Waals surface area contributed by atoms with Crippen molar-refractivity contribution in [3.05, 3.63) is 24.3 Å². The van der Waals surface area contributed by atoms with E-state index in [9.17, 15) is 9.59 Å². The van der Waals surface area contributed by atoms with Gasteiger partial charge in [-0.1, -0.05) is 19.1 Å². The standard InChI is InChI=1S/C15H22N2O3/c1-4-9-16-14(18)10-15(19)17-12-7-5-6-8-13(12)20-11(2)3/h5-8,11H,4,9-10H2,1-3H3,(H,16,18)(H,17,19). The van der Waals surface area contributed by atoms with Gasteiger partial charge >= 0.3 is 0 Å². The van der Waals surface area contributed by atoms with Crippen molar-refractivity contribution in [3.63, 3.8) is 0 Å². The van der Waals surface area contributed by atoms with Gasteiger partial charge in [0.05, 0.1) is 11.8 Å². The molecule has 0 bridgehead atoms. The zero-order valence-corrected chi connectivity index (χ0v) is 12.2. The molecule has 0 aliphatic heterocycles. The number of anilines is 1. The Kier molecular flexibility index (Phi) is 6.56. The molecule has 0 fully saturated rings. The smallest absolute Gasteiger partial charge is 0.233 e. The Morgan fingerprint density at radius 1 is 1.20 bits per heavy atom. The number of carbonyl (C=O) groups excluding carboxylic acids is 2. The maximum absolute atomic E-state index is 11.8. The fraction of sp³-hybridized carbons (Fsp3) is 0.467. The van der Waals surface area contributed by atoms with Crippen LogP contribution in [0.5, 0.6) is 5.75 Å². The van der Waals surface area contributed by atoms with Crippen molar-refractivity contribution >= 4 is 17.5 Å². The number of carbonyl (C=O) groups is 2. The molecule has 1 rings (SSSR count). The molecule has 0 saturated heterocycles.